The number of para-hydroxylation sites is 1. The third-order valence-electron chi connectivity index (χ3n) is 7.37. The van der Waals surface area contributed by atoms with Crippen molar-refractivity contribution in [1.82, 2.24) is 5.32 Å². The standard InChI is InChI=1S/C36H56NO8P/c1-2-3-4-5-6-7-8-9-10-11-12-13-14-15-22-27-35(38)41-30-31-44-46(40,45-34-25-20-17-21-26-34)43-29-28-37-36(39)42-32-33-23-18-16-19-24-33/h16-21,23-26H,2-15,22,27-32H2,1H3,(H,37,39). The largest absolute Gasteiger partial charge is 0.530 e. The Balaban J connectivity index is 1.53. The Morgan fingerprint density at radius 1 is 0.630 bits per heavy atom. The lowest BCUT2D eigenvalue weighted by Crippen LogP contribution is -2.28. The number of carbonyl (C=O) groups is 2. The van der Waals surface area contributed by atoms with Crippen LogP contribution in [0.25, 0.3) is 0 Å². The molecule has 0 aliphatic carbocycles. The van der Waals surface area contributed by atoms with Crippen LogP contribution in [0, 0.1) is 0 Å². The Morgan fingerprint density at radius 3 is 1.74 bits per heavy atom. The number of phosphoric acid groups is 1. The van der Waals surface area contributed by atoms with Crippen molar-refractivity contribution in [1.29, 1.82) is 0 Å². The summed E-state index contributed by atoms with van der Waals surface area (Å²) in [4.78, 5) is 24.1. The number of rotatable bonds is 28. The number of nitrogens with one attached hydrogen (secondary N) is 1. The van der Waals surface area contributed by atoms with E-state index in [4.69, 9.17) is 23.0 Å². The van der Waals surface area contributed by atoms with Crippen LogP contribution < -0.4 is 9.84 Å². The number of alkyl carbamates (subject to hydrolysis) is 1. The summed E-state index contributed by atoms with van der Waals surface area (Å²) in [6.07, 6.45) is 18.7. The normalized spacial score (nSPS) is 12.3. The minimum Gasteiger partial charge on any atom is -0.463 e. The van der Waals surface area contributed by atoms with Crippen molar-refractivity contribution in [2.75, 3.05) is 26.4 Å². The van der Waals surface area contributed by atoms with Crippen LogP contribution in [0.2, 0.25) is 0 Å². The highest BCUT2D eigenvalue weighted by Gasteiger charge is 2.29. The van der Waals surface area contributed by atoms with Crippen LogP contribution in [0.1, 0.15) is 115 Å². The Labute approximate surface area is 276 Å². The second kappa shape index (κ2) is 26.2. The molecule has 0 heterocycles. The molecule has 0 radical (unpaired) electrons. The fourth-order valence-corrected chi connectivity index (χ4v) is 5.98. The van der Waals surface area contributed by atoms with Crippen molar-refractivity contribution in [3.8, 4) is 5.75 Å². The summed E-state index contributed by atoms with van der Waals surface area (Å²) in [5.41, 5.74) is 0.860. The van der Waals surface area contributed by atoms with Gasteiger partial charge in [-0.1, -0.05) is 145 Å². The van der Waals surface area contributed by atoms with E-state index in [9.17, 15) is 14.2 Å². The Hall–Kier alpha value is -2.87. The molecule has 0 fully saturated rings. The zero-order valence-electron chi connectivity index (χ0n) is 27.8. The van der Waals surface area contributed by atoms with E-state index in [0.717, 1.165) is 24.8 Å². The van der Waals surface area contributed by atoms with Crippen LogP contribution in [-0.4, -0.2) is 38.4 Å². The summed E-state index contributed by atoms with van der Waals surface area (Å²) >= 11 is 0. The molecule has 1 N–H and O–H groups in total. The van der Waals surface area contributed by atoms with Gasteiger partial charge in [-0.3, -0.25) is 13.8 Å². The smallest absolute Gasteiger partial charge is 0.463 e. The van der Waals surface area contributed by atoms with E-state index in [2.05, 4.69) is 12.2 Å². The van der Waals surface area contributed by atoms with E-state index in [0.29, 0.717) is 12.2 Å². The van der Waals surface area contributed by atoms with Gasteiger partial charge < -0.3 is 19.3 Å². The lowest BCUT2D eigenvalue weighted by molar-refractivity contribution is -0.144. The van der Waals surface area contributed by atoms with Gasteiger partial charge in [0.05, 0.1) is 13.2 Å². The van der Waals surface area contributed by atoms with E-state index < -0.39 is 13.9 Å². The quantitative estimate of drug-likeness (QED) is 0.0545. The van der Waals surface area contributed by atoms with Gasteiger partial charge in [-0.15, -0.1) is 0 Å². The molecule has 1 unspecified atom stereocenters. The molecule has 46 heavy (non-hydrogen) atoms. The molecule has 0 aliphatic rings. The highest BCUT2D eigenvalue weighted by atomic mass is 31.2. The van der Waals surface area contributed by atoms with E-state index in [1.165, 1.54) is 77.0 Å². The molecule has 0 saturated carbocycles. The number of unbranched alkanes of at least 4 members (excludes halogenated alkanes) is 14. The second-order valence-electron chi connectivity index (χ2n) is 11.4. The zero-order valence-corrected chi connectivity index (χ0v) is 28.7. The van der Waals surface area contributed by atoms with Crippen LogP contribution in [0.4, 0.5) is 4.79 Å². The number of benzene rings is 2. The van der Waals surface area contributed by atoms with Gasteiger partial charge in [0.1, 0.15) is 19.0 Å². The minimum atomic E-state index is -4.06. The van der Waals surface area contributed by atoms with E-state index >= 15 is 0 Å². The monoisotopic (exact) mass is 661 g/mol. The molecule has 0 aliphatic heterocycles. The molecular weight excluding hydrogens is 605 g/mol. The molecule has 2 rings (SSSR count). The Kier molecular flexibility index (Phi) is 22.4. The van der Waals surface area contributed by atoms with E-state index in [1.807, 2.05) is 30.3 Å². The van der Waals surface area contributed by atoms with Crippen molar-refractivity contribution >= 4 is 19.9 Å². The first-order valence-corrected chi connectivity index (χ1v) is 18.7. The highest BCUT2D eigenvalue weighted by Crippen LogP contribution is 2.49. The third-order valence-corrected chi connectivity index (χ3v) is 8.81. The molecule has 9 nitrogen and oxygen atoms in total. The van der Waals surface area contributed by atoms with Crippen molar-refractivity contribution in [2.45, 2.75) is 116 Å². The maximum Gasteiger partial charge on any atom is 0.530 e. The van der Waals surface area contributed by atoms with E-state index in [1.54, 1.807) is 30.3 Å². The molecule has 2 aromatic rings. The number of hydrogen-bond donors (Lipinski definition) is 1. The van der Waals surface area contributed by atoms with Gasteiger partial charge in [-0.2, -0.15) is 0 Å². The Morgan fingerprint density at radius 2 is 1.15 bits per heavy atom. The molecular formula is C36H56NO8P. The summed E-state index contributed by atoms with van der Waals surface area (Å²) in [6.45, 7) is 2.02. The number of carbonyl (C=O) groups excluding carboxylic acids is 2. The minimum absolute atomic E-state index is 0.0212. The molecule has 0 aromatic heterocycles. The van der Waals surface area contributed by atoms with Gasteiger partial charge in [0.15, 0.2) is 0 Å². The molecule has 0 saturated heterocycles. The topological polar surface area (TPSA) is 109 Å². The lowest BCUT2D eigenvalue weighted by atomic mass is 10.0. The van der Waals surface area contributed by atoms with Gasteiger partial charge in [-0.05, 0) is 24.1 Å². The van der Waals surface area contributed by atoms with Gasteiger partial charge in [0.2, 0.25) is 0 Å². The first-order chi connectivity index (χ1) is 22.5. The van der Waals surface area contributed by atoms with Gasteiger partial charge >= 0.3 is 19.9 Å². The number of ether oxygens (including phenoxy) is 2. The van der Waals surface area contributed by atoms with E-state index in [-0.39, 0.29) is 38.9 Å². The number of esters is 1. The van der Waals surface area contributed by atoms with Crippen molar-refractivity contribution < 1.29 is 37.2 Å². The number of hydrogen-bond acceptors (Lipinski definition) is 8. The average molecular weight is 662 g/mol. The van der Waals surface area contributed by atoms with Crippen molar-refractivity contribution in [3.63, 3.8) is 0 Å². The van der Waals surface area contributed by atoms with Gasteiger partial charge in [0, 0.05) is 13.0 Å². The van der Waals surface area contributed by atoms with Crippen LogP contribution in [0.3, 0.4) is 0 Å². The fraction of sp³-hybridized carbons (Fsp3) is 0.611. The zero-order chi connectivity index (χ0) is 33.0. The van der Waals surface area contributed by atoms with Crippen molar-refractivity contribution in [3.05, 3.63) is 66.2 Å². The third kappa shape index (κ3) is 21.0. The molecule has 2 aromatic carbocycles. The summed E-state index contributed by atoms with van der Waals surface area (Å²) in [6, 6.07) is 17.8. The summed E-state index contributed by atoms with van der Waals surface area (Å²) in [7, 11) is -4.06. The predicted octanol–water partition coefficient (Wildman–Crippen LogP) is 9.94. The molecule has 0 spiro atoms. The SMILES string of the molecule is CCCCCCCCCCCCCCCCCC(=O)OCCOP(=O)(OCCNC(=O)OCc1ccccc1)Oc1ccccc1. The van der Waals surface area contributed by atoms with Crippen LogP contribution >= 0.6 is 7.82 Å². The van der Waals surface area contributed by atoms with Crippen LogP contribution in [0.5, 0.6) is 5.75 Å². The van der Waals surface area contributed by atoms with Crippen molar-refractivity contribution in [2.24, 2.45) is 0 Å². The maximum atomic E-state index is 13.3. The molecule has 1 amide bonds. The summed E-state index contributed by atoms with van der Waals surface area (Å²) in [5, 5.41) is 2.54. The number of amides is 1. The second-order valence-corrected chi connectivity index (χ2v) is 13.0. The predicted molar refractivity (Wildman–Crippen MR) is 182 cm³/mol. The fourth-order valence-electron chi connectivity index (χ4n) is 4.80. The maximum absolute atomic E-state index is 13.3. The summed E-state index contributed by atoms with van der Waals surface area (Å²) < 4.78 is 40.0. The average Bonchev–Trinajstić information content (AvgIpc) is 3.07. The number of phosphoric ester groups is 1. The molecule has 10 heteroatoms. The molecule has 1 atom stereocenters. The molecule has 258 valence electrons. The van der Waals surface area contributed by atoms with Gasteiger partial charge in [0.25, 0.3) is 0 Å². The summed E-state index contributed by atoms with van der Waals surface area (Å²) in [5.74, 6) is -0.0116. The van der Waals surface area contributed by atoms with Gasteiger partial charge in [-0.25, -0.2) is 9.36 Å². The van der Waals surface area contributed by atoms with Crippen LogP contribution in [0.15, 0.2) is 60.7 Å². The first-order valence-electron chi connectivity index (χ1n) is 17.2. The highest BCUT2D eigenvalue weighted by molar-refractivity contribution is 7.48. The first kappa shape index (κ1) is 39.3. The Bertz CT molecular complexity index is 1090. The lowest BCUT2D eigenvalue weighted by Gasteiger charge is -2.18. The van der Waals surface area contributed by atoms with Crippen LogP contribution in [-0.2, 0) is 34.5 Å². The molecule has 0 bridgehead atoms.